The highest BCUT2D eigenvalue weighted by atomic mass is 19.4. The zero-order valence-electron chi connectivity index (χ0n) is 32.3. The number of alkyl halides is 3. The summed E-state index contributed by atoms with van der Waals surface area (Å²) in [5.74, 6) is -1.82. The third-order valence-corrected chi connectivity index (χ3v) is 9.58. The first kappa shape index (κ1) is 43.0. The number of aliphatic hydroxyl groups is 1. The molecule has 0 spiro atoms. The van der Waals surface area contributed by atoms with Crippen LogP contribution < -0.4 is 0 Å². The number of esters is 1. The minimum atomic E-state index is -4.72. The Kier molecular flexibility index (Phi) is 12.5. The van der Waals surface area contributed by atoms with Crippen LogP contribution in [0.25, 0.3) is 31.6 Å². The zero-order chi connectivity index (χ0) is 43.3. The largest absolute Gasteiger partial charge is 0.450 e. The minimum absolute atomic E-state index is 0.0534. The average Bonchev–Trinajstić information content (AvgIpc) is 3.76. The first-order valence-electron chi connectivity index (χ1n) is 17.9. The number of ether oxygens (including phenoxy) is 1. The number of ketones is 2. The Hall–Kier alpha value is -7.15. The molecule has 0 aliphatic carbocycles. The summed E-state index contributed by atoms with van der Waals surface area (Å²) in [6.07, 6.45) is -1.73. The van der Waals surface area contributed by atoms with Crippen LogP contribution >= 0.6 is 0 Å². The highest BCUT2D eigenvalue weighted by Crippen LogP contribution is 2.37. The lowest BCUT2D eigenvalue weighted by Crippen LogP contribution is -2.44. The molecule has 0 amide bonds. The van der Waals surface area contributed by atoms with Crippen molar-refractivity contribution in [2.24, 2.45) is 0 Å². The number of hydrogen-bond donors (Lipinski definition) is 1. The molecule has 6 aromatic rings. The summed E-state index contributed by atoms with van der Waals surface area (Å²) < 4.78 is 61.7. The maximum atomic E-state index is 13.5. The van der Waals surface area contributed by atoms with Crippen LogP contribution in [0.3, 0.4) is 0 Å². The SMILES string of the molecule is [C-]#[N+]c1ccc(CC(=O)[C@@](C)(O)Cn2ccc3nc(C#N)ccc32)cc1C(F)(F)F.[C-]#[N+]c1ccc(CC(=O)[C@](C)(Cn2ccc3cc(F)ccc32)OC(C)=O)cc1C. The molecule has 1 N–H and O–H groups in total. The molecule has 0 bridgehead atoms. The molecule has 3 aromatic heterocycles. The number of carbonyl (C=O) groups excluding carboxylic acids is 3. The van der Waals surface area contributed by atoms with Gasteiger partial charge in [0.25, 0.3) is 0 Å². The lowest BCUT2D eigenvalue weighted by Gasteiger charge is -2.29. The van der Waals surface area contributed by atoms with Crippen molar-refractivity contribution in [2.75, 3.05) is 0 Å². The van der Waals surface area contributed by atoms with E-state index in [9.17, 15) is 37.1 Å². The van der Waals surface area contributed by atoms with Crippen molar-refractivity contribution in [1.29, 1.82) is 5.26 Å². The highest BCUT2D eigenvalue weighted by molar-refractivity contribution is 5.91. The highest BCUT2D eigenvalue weighted by Gasteiger charge is 2.38. The van der Waals surface area contributed by atoms with Crippen LogP contribution in [0.2, 0.25) is 0 Å². The summed E-state index contributed by atoms with van der Waals surface area (Å²) in [7, 11) is 0. The molecule has 6 rings (SSSR count). The standard InChI is InChI=1S/C23H21FN2O3.C21H15F3N4O2/c1-15-11-17(5-7-20(15)25-4)12-22(28)23(3,29-16(2)27)14-26-10-9-18-13-19(24)6-8-21(18)26;1-20(30,12-28-8-7-17-18(28)6-4-14(11-25)27-17)19(29)10-13-3-5-16(26-2)15(9-13)21(22,23)24/h5-11,13H,12,14H2,1-3H3;3-9,30H,10,12H2,1H3/t23-;20-/m00/s1. The Balaban J connectivity index is 0.000000224. The van der Waals surface area contributed by atoms with Gasteiger partial charge in [0.05, 0.1) is 42.8 Å². The van der Waals surface area contributed by atoms with E-state index in [2.05, 4.69) is 14.7 Å². The molecular formula is C44H36F4N6O5. The van der Waals surface area contributed by atoms with Gasteiger partial charge in [-0.3, -0.25) is 14.4 Å². The third kappa shape index (κ3) is 10.1. The number of pyridine rings is 1. The average molecular weight is 805 g/mol. The Labute approximate surface area is 336 Å². The minimum Gasteiger partial charge on any atom is -0.450 e. The van der Waals surface area contributed by atoms with Crippen LogP contribution in [0.5, 0.6) is 0 Å². The number of aromatic nitrogens is 3. The van der Waals surface area contributed by atoms with Gasteiger partial charge < -0.3 is 19.0 Å². The van der Waals surface area contributed by atoms with Crippen molar-refractivity contribution >= 4 is 50.8 Å². The van der Waals surface area contributed by atoms with E-state index in [1.54, 1.807) is 70.9 Å². The van der Waals surface area contributed by atoms with E-state index in [1.165, 1.54) is 38.1 Å². The summed E-state index contributed by atoms with van der Waals surface area (Å²) in [6, 6.07) is 21.1. The molecule has 0 saturated heterocycles. The van der Waals surface area contributed by atoms with Gasteiger partial charge in [0.2, 0.25) is 0 Å². The van der Waals surface area contributed by atoms with Gasteiger partial charge in [-0.25, -0.2) is 19.1 Å². The van der Waals surface area contributed by atoms with E-state index in [0.29, 0.717) is 22.1 Å². The van der Waals surface area contributed by atoms with Gasteiger partial charge in [0, 0.05) is 43.1 Å². The van der Waals surface area contributed by atoms with Crippen molar-refractivity contribution < 1.29 is 41.8 Å². The Morgan fingerprint density at radius 3 is 2.07 bits per heavy atom. The van der Waals surface area contributed by atoms with Crippen molar-refractivity contribution in [2.45, 2.75) is 71.0 Å². The van der Waals surface area contributed by atoms with Crippen LogP contribution in [-0.4, -0.2) is 48.0 Å². The second-order valence-electron chi connectivity index (χ2n) is 14.3. The molecule has 0 aliphatic heterocycles. The summed E-state index contributed by atoms with van der Waals surface area (Å²) in [6.45, 7) is 19.9. The van der Waals surface area contributed by atoms with E-state index >= 15 is 0 Å². The number of nitriles is 1. The lowest BCUT2D eigenvalue weighted by molar-refractivity contribution is -0.165. The number of Topliss-reactive ketones (excluding diaryl/α,β-unsaturated/α-hetero) is 2. The van der Waals surface area contributed by atoms with Crippen molar-refractivity contribution in [3.05, 3.63) is 148 Å². The van der Waals surface area contributed by atoms with Gasteiger partial charge in [0.1, 0.15) is 23.2 Å². The Morgan fingerprint density at radius 2 is 1.44 bits per heavy atom. The first-order valence-corrected chi connectivity index (χ1v) is 17.9. The molecule has 15 heteroatoms. The number of rotatable bonds is 11. The van der Waals surface area contributed by atoms with Crippen LogP contribution in [0.4, 0.5) is 28.9 Å². The molecule has 3 heterocycles. The Bertz CT molecular complexity index is 2730. The van der Waals surface area contributed by atoms with Crippen LogP contribution in [0.1, 0.15) is 48.7 Å². The number of benzene rings is 3. The third-order valence-electron chi connectivity index (χ3n) is 9.58. The van der Waals surface area contributed by atoms with Gasteiger partial charge in [-0.05, 0) is 79.9 Å². The predicted octanol–water partition coefficient (Wildman–Crippen LogP) is 8.81. The van der Waals surface area contributed by atoms with E-state index in [0.717, 1.165) is 28.8 Å². The van der Waals surface area contributed by atoms with Crippen molar-refractivity contribution in [1.82, 2.24) is 14.1 Å². The van der Waals surface area contributed by atoms with Gasteiger partial charge in [-0.2, -0.15) is 18.4 Å². The van der Waals surface area contributed by atoms with Gasteiger partial charge in [-0.1, -0.05) is 36.4 Å². The van der Waals surface area contributed by atoms with Gasteiger partial charge >= 0.3 is 12.1 Å². The second kappa shape index (κ2) is 17.1. The van der Waals surface area contributed by atoms with E-state index in [4.69, 9.17) is 23.1 Å². The van der Waals surface area contributed by atoms with E-state index in [1.807, 2.05) is 13.0 Å². The molecule has 3 aromatic carbocycles. The molecular weight excluding hydrogens is 769 g/mol. The lowest BCUT2D eigenvalue weighted by atomic mass is 9.93. The molecule has 0 unspecified atom stereocenters. The summed E-state index contributed by atoms with van der Waals surface area (Å²) >= 11 is 0. The maximum absolute atomic E-state index is 13.5. The number of carbonyl (C=O) groups is 3. The Morgan fingerprint density at radius 1 is 0.831 bits per heavy atom. The van der Waals surface area contributed by atoms with Gasteiger partial charge in [-0.15, -0.1) is 0 Å². The molecule has 0 radical (unpaired) electrons. The fraction of sp³-hybridized carbons (Fsp3) is 0.250. The van der Waals surface area contributed by atoms with Gasteiger partial charge in [0.15, 0.2) is 28.5 Å². The van der Waals surface area contributed by atoms with Crippen molar-refractivity contribution in [3.63, 3.8) is 0 Å². The van der Waals surface area contributed by atoms with Crippen LogP contribution in [0.15, 0.2) is 91.3 Å². The number of hydrogen-bond acceptors (Lipinski definition) is 7. The molecule has 11 nitrogen and oxygen atoms in total. The van der Waals surface area contributed by atoms with E-state index < -0.39 is 46.8 Å². The van der Waals surface area contributed by atoms with Crippen LogP contribution in [0, 0.1) is 37.2 Å². The normalized spacial score (nSPS) is 13.2. The quantitative estimate of drug-likeness (QED) is 0.0786. The summed E-state index contributed by atoms with van der Waals surface area (Å²) in [4.78, 5) is 47.9. The monoisotopic (exact) mass is 804 g/mol. The second-order valence-corrected chi connectivity index (χ2v) is 14.3. The summed E-state index contributed by atoms with van der Waals surface area (Å²) in [5, 5.41) is 20.3. The molecule has 2 atom stereocenters. The number of halogens is 4. The number of aryl methyl sites for hydroxylation is 1. The maximum Gasteiger partial charge on any atom is 0.407 e. The molecule has 0 aliphatic rings. The van der Waals surface area contributed by atoms with E-state index in [-0.39, 0.29) is 42.4 Å². The summed E-state index contributed by atoms with van der Waals surface area (Å²) in [5.41, 5.74) is -0.698. The van der Waals surface area contributed by atoms with Crippen LogP contribution in [-0.2, 0) is 51.2 Å². The molecule has 59 heavy (non-hydrogen) atoms. The zero-order valence-corrected chi connectivity index (χ0v) is 32.3. The smallest absolute Gasteiger partial charge is 0.407 e. The molecule has 0 saturated carbocycles. The topological polar surface area (TPSA) is 136 Å². The fourth-order valence-corrected chi connectivity index (χ4v) is 6.54. The molecule has 0 fully saturated rings. The number of nitrogens with zero attached hydrogens (tertiary/aromatic N) is 6. The molecule has 300 valence electrons. The van der Waals surface area contributed by atoms with Crippen molar-refractivity contribution in [3.8, 4) is 6.07 Å². The fourth-order valence-electron chi connectivity index (χ4n) is 6.54. The first-order chi connectivity index (χ1) is 27.8. The predicted molar refractivity (Wildman–Crippen MR) is 210 cm³/mol. The number of fused-ring (bicyclic) bond motifs is 2.